The first-order valence-corrected chi connectivity index (χ1v) is 18.1. The first kappa shape index (κ1) is 30.2. The number of aromatic nitrogens is 6. The van der Waals surface area contributed by atoms with Crippen LogP contribution in [0.15, 0.2) is 189 Å². The number of para-hydroxylation sites is 3. The molecule has 0 fully saturated rings. The van der Waals surface area contributed by atoms with Crippen LogP contribution in [0.3, 0.4) is 0 Å². The minimum atomic E-state index is 0.991. The third kappa shape index (κ3) is 4.81. The van der Waals surface area contributed by atoms with Crippen molar-refractivity contribution in [3.05, 3.63) is 189 Å². The van der Waals surface area contributed by atoms with E-state index in [1.807, 2.05) is 12.4 Å². The fraction of sp³-hybridized carbons (Fsp3) is 0. The van der Waals surface area contributed by atoms with E-state index in [0.717, 1.165) is 72.4 Å². The van der Waals surface area contributed by atoms with Gasteiger partial charge in [-0.05, 0) is 76.0 Å². The number of H-pyrrole nitrogens is 1. The van der Waals surface area contributed by atoms with Crippen molar-refractivity contribution in [1.82, 2.24) is 29.1 Å². The number of fused-ring (bicyclic) bond motifs is 4. The maximum absolute atomic E-state index is 4.98. The summed E-state index contributed by atoms with van der Waals surface area (Å²) in [4.78, 5) is 3.51. The molecule has 11 aromatic rings. The first-order valence-electron chi connectivity index (χ1n) is 18.1. The summed E-state index contributed by atoms with van der Waals surface area (Å²) >= 11 is 0. The Morgan fingerprint density at radius 3 is 1.56 bits per heavy atom. The average Bonchev–Trinajstić information content (AvgIpc) is 4.05. The molecule has 4 aromatic heterocycles. The van der Waals surface area contributed by atoms with E-state index in [9.17, 15) is 0 Å². The van der Waals surface area contributed by atoms with Crippen molar-refractivity contribution < 1.29 is 0 Å². The highest BCUT2D eigenvalue weighted by atomic mass is 15.3. The van der Waals surface area contributed by atoms with E-state index < -0.39 is 0 Å². The maximum atomic E-state index is 4.98. The van der Waals surface area contributed by atoms with Crippen LogP contribution in [-0.4, -0.2) is 29.1 Å². The Morgan fingerprint density at radius 2 is 0.926 bits per heavy atom. The quantitative estimate of drug-likeness (QED) is 0.189. The molecular weight excluding hydrogens is 661 g/mol. The second kappa shape index (κ2) is 12.1. The molecule has 0 bridgehead atoms. The molecule has 11 rings (SSSR count). The van der Waals surface area contributed by atoms with Crippen LogP contribution in [0.1, 0.15) is 0 Å². The molecule has 7 aromatic carbocycles. The van der Waals surface area contributed by atoms with Crippen LogP contribution < -0.4 is 0 Å². The van der Waals surface area contributed by atoms with E-state index in [1.54, 1.807) is 0 Å². The molecule has 0 aliphatic heterocycles. The van der Waals surface area contributed by atoms with E-state index in [-0.39, 0.29) is 0 Å². The van der Waals surface area contributed by atoms with Gasteiger partial charge in [-0.1, -0.05) is 115 Å². The van der Waals surface area contributed by atoms with Gasteiger partial charge in [-0.3, -0.25) is 0 Å². The summed E-state index contributed by atoms with van der Waals surface area (Å²) in [6.07, 6.45) is 8.11. The molecule has 0 aliphatic carbocycles. The molecule has 4 heterocycles. The van der Waals surface area contributed by atoms with Crippen LogP contribution in [0.4, 0.5) is 0 Å². The van der Waals surface area contributed by atoms with Crippen LogP contribution in [-0.2, 0) is 0 Å². The van der Waals surface area contributed by atoms with Crippen LogP contribution in [0, 0.1) is 0 Å². The summed E-state index contributed by atoms with van der Waals surface area (Å²) in [5.41, 5.74) is 12.9. The van der Waals surface area contributed by atoms with Crippen LogP contribution in [0.5, 0.6) is 0 Å². The summed E-state index contributed by atoms with van der Waals surface area (Å²) in [6.45, 7) is 0. The molecule has 254 valence electrons. The van der Waals surface area contributed by atoms with Gasteiger partial charge in [-0.25, -0.2) is 9.36 Å². The summed E-state index contributed by atoms with van der Waals surface area (Å²) in [6, 6.07) is 58.1. The highest BCUT2D eigenvalue weighted by molar-refractivity contribution is 5.96. The predicted octanol–water partition coefficient (Wildman–Crippen LogP) is 11.8. The van der Waals surface area contributed by atoms with Crippen molar-refractivity contribution in [3.8, 4) is 50.6 Å². The summed E-state index contributed by atoms with van der Waals surface area (Å²) in [5.74, 6) is 0. The summed E-state index contributed by atoms with van der Waals surface area (Å²) in [7, 11) is 0. The molecule has 0 radical (unpaired) electrons. The molecule has 0 saturated carbocycles. The lowest BCUT2D eigenvalue weighted by molar-refractivity contribution is 0.897. The fourth-order valence-electron chi connectivity index (χ4n) is 7.96. The van der Waals surface area contributed by atoms with Crippen molar-refractivity contribution in [1.29, 1.82) is 0 Å². The largest absolute Gasteiger partial charge is 0.360 e. The average molecular weight is 693 g/mol. The van der Waals surface area contributed by atoms with E-state index in [0.29, 0.717) is 0 Å². The van der Waals surface area contributed by atoms with Crippen molar-refractivity contribution >= 4 is 43.5 Å². The molecule has 1 N–H and O–H groups in total. The second-order valence-electron chi connectivity index (χ2n) is 13.7. The number of hydrogen-bond acceptors (Lipinski definition) is 2. The zero-order valence-corrected chi connectivity index (χ0v) is 29.1. The fourth-order valence-corrected chi connectivity index (χ4v) is 7.96. The second-order valence-corrected chi connectivity index (χ2v) is 13.7. The van der Waals surface area contributed by atoms with Gasteiger partial charge in [0.1, 0.15) is 0 Å². The number of nitrogens with one attached hydrogen (secondary N) is 1. The highest BCUT2D eigenvalue weighted by Crippen LogP contribution is 2.40. The van der Waals surface area contributed by atoms with E-state index >= 15 is 0 Å². The van der Waals surface area contributed by atoms with Gasteiger partial charge >= 0.3 is 0 Å². The van der Waals surface area contributed by atoms with Gasteiger partial charge in [0, 0.05) is 45.4 Å². The standard InChI is InChI=1S/C48H32N6/c1-5-13-40-36(10-1)29-49-48(40)35-19-17-32(18-20-35)41-27-47(54-45-16-8-4-12-38(45)31-51-54)42(28-46(41)53-44-15-7-3-11-37(44)30-50-53)33-21-23-39(24-22-33)52-26-25-34-9-2-6-14-43(34)52/h1-31,49H. The zero-order chi connectivity index (χ0) is 35.6. The normalized spacial score (nSPS) is 11.7. The van der Waals surface area contributed by atoms with Crippen molar-refractivity contribution in [3.63, 3.8) is 0 Å². The summed E-state index contributed by atoms with van der Waals surface area (Å²) in [5, 5.41) is 15.8. The topological polar surface area (TPSA) is 56.4 Å². The SMILES string of the molecule is c1ccc2c(-c3ccc(-c4cc(-n5ncc6ccccc65)c(-c5ccc(-n6ccc7ccccc76)cc5)cc4-n4ncc5ccccc54)cc3)[nH]cc2c1. The van der Waals surface area contributed by atoms with Gasteiger partial charge in [-0.2, -0.15) is 10.2 Å². The molecular formula is C48H32N6. The summed E-state index contributed by atoms with van der Waals surface area (Å²) < 4.78 is 6.39. The molecule has 0 saturated heterocycles. The number of nitrogens with zero attached hydrogens (tertiary/aromatic N) is 5. The minimum Gasteiger partial charge on any atom is -0.360 e. The van der Waals surface area contributed by atoms with E-state index in [4.69, 9.17) is 10.2 Å². The van der Waals surface area contributed by atoms with E-state index in [1.165, 1.54) is 21.7 Å². The Balaban J connectivity index is 1.13. The number of hydrogen-bond donors (Lipinski definition) is 1. The molecule has 0 aliphatic rings. The minimum absolute atomic E-state index is 0.991. The molecule has 0 atom stereocenters. The third-order valence-corrected chi connectivity index (χ3v) is 10.7. The zero-order valence-electron chi connectivity index (χ0n) is 29.1. The van der Waals surface area contributed by atoms with Crippen molar-refractivity contribution in [2.45, 2.75) is 0 Å². The van der Waals surface area contributed by atoms with Gasteiger partial charge in [0.05, 0.1) is 46.0 Å². The lowest BCUT2D eigenvalue weighted by Gasteiger charge is -2.19. The first-order chi connectivity index (χ1) is 26.8. The van der Waals surface area contributed by atoms with Crippen molar-refractivity contribution in [2.75, 3.05) is 0 Å². The number of benzene rings is 7. The molecule has 6 nitrogen and oxygen atoms in total. The molecule has 0 unspecified atom stereocenters. The van der Waals surface area contributed by atoms with Crippen LogP contribution in [0.2, 0.25) is 0 Å². The third-order valence-electron chi connectivity index (χ3n) is 10.7. The van der Waals surface area contributed by atoms with Gasteiger partial charge < -0.3 is 9.55 Å². The molecule has 54 heavy (non-hydrogen) atoms. The smallest absolute Gasteiger partial charge is 0.0741 e. The van der Waals surface area contributed by atoms with Crippen LogP contribution in [0.25, 0.3) is 94.1 Å². The molecule has 0 amide bonds. The van der Waals surface area contributed by atoms with Crippen molar-refractivity contribution in [2.24, 2.45) is 0 Å². The van der Waals surface area contributed by atoms with Gasteiger partial charge in [0.25, 0.3) is 0 Å². The number of aromatic amines is 1. The van der Waals surface area contributed by atoms with Gasteiger partial charge in [0.2, 0.25) is 0 Å². The Bertz CT molecular complexity index is 2940. The Labute approximate surface area is 310 Å². The maximum Gasteiger partial charge on any atom is 0.0741 e. The Hall–Kier alpha value is -7.44. The Kier molecular flexibility index (Phi) is 6.75. The lowest BCUT2D eigenvalue weighted by atomic mass is 9.94. The lowest BCUT2D eigenvalue weighted by Crippen LogP contribution is -2.05. The highest BCUT2D eigenvalue weighted by Gasteiger charge is 2.20. The Morgan fingerprint density at radius 1 is 0.426 bits per heavy atom. The van der Waals surface area contributed by atoms with Gasteiger partial charge in [0.15, 0.2) is 0 Å². The monoisotopic (exact) mass is 692 g/mol. The van der Waals surface area contributed by atoms with E-state index in [2.05, 4.69) is 195 Å². The number of rotatable bonds is 6. The molecule has 0 spiro atoms. The van der Waals surface area contributed by atoms with Gasteiger partial charge in [-0.15, -0.1) is 0 Å². The molecule has 6 heteroatoms. The predicted molar refractivity (Wildman–Crippen MR) is 221 cm³/mol. The van der Waals surface area contributed by atoms with Crippen LogP contribution >= 0.6 is 0 Å².